The molecule has 0 saturated heterocycles. The lowest BCUT2D eigenvalue weighted by molar-refractivity contribution is 0.924. The molecule has 0 aliphatic carbocycles. The monoisotopic (exact) mass is 140 g/mol. The minimum atomic E-state index is 1.09. The summed E-state index contributed by atoms with van der Waals surface area (Å²) in [7, 11) is 1.89. The van der Waals surface area contributed by atoms with E-state index in [9.17, 15) is 0 Å². The summed E-state index contributed by atoms with van der Waals surface area (Å²) >= 11 is 0. The average molecular weight is 140 g/mol. The summed E-state index contributed by atoms with van der Waals surface area (Å²) in [5.41, 5.74) is 6.30. The maximum absolute atomic E-state index is 5.22. The molecule has 0 rings (SSSR count). The highest BCUT2D eigenvalue weighted by Gasteiger charge is 1.83. The highest BCUT2D eigenvalue weighted by atomic mass is 14.8. The van der Waals surface area contributed by atoms with Crippen LogP contribution < -0.4 is 11.1 Å². The molecule has 0 aliphatic heterocycles. The van der Waals surface area contributed by atoms with Gasteiger partial charge in [-0.15, -0.1) is 0 Å². The molecule has 0 unspecified atom stereocenters. The van der Waals surface area contributed by atoms with Crippen molar-refractivity contribution in [2.45, 2.75) is 19.8 Å². The van der Waals surface area contributed by atoms with E-state index < -0.39 is 0 Å². The first-order chi connectivity index (χ1) is 4.85. The SMILES string of the molecule is CCC/C=C(\C=C/N)NC. The van der Waals surface area contributed by atoms with Gasteiger partial charge in [0.15, 0.2) is 0 Å². The molecule has 10 heavy (non-hydrogen) atoms. The lowest BCUT2D eigenvalue weighted by Crippen LogP contribution is -2.03. The van der Waals surface area contributed by atoms with Crippen LogP contribution >= 0.6 is 0 Å². The first-order valence-electron chi connectivity index (χ1n) is 3.61. The molecular weight excluding hydrogens is 124 g/mol. The molecule has 0 fully saturated rings. The van der Waals surface area contributed by atoms with Crippen LogP contribution in [0.4, 0.5) is 0 Å². The molecule has 0 aromatic carbocycles. The third kappa shape index (κ3) is 4.01. The second-order valence-electron chi connectivity index (χ2n) is 2.06. The Morgan fingerprint density at radius 2 is 2.30 bits per heavy atom. The Morgan fingerprint density at radius 1 is 1.60 bits per heavy atom. The van der Waals surface area contributed by atoms with E-state index in [-0.39, 0.29) is 0 Å². The van der Waals surface area contributed by atoms with Crippen LogP contribution in [0.25, 0.3) is 0 Å². The van der Waals surface area contributed by atoms with Gasteiger partial charge < -0.3 is 11.1 Å². The summed E-state index contributed by atoms with van der Waals surface area (Å²) in [5.74, 6) is 0. The Balaban J connectivity index is 3.78. The van der Waals surface area contributed by atoms with Crippen molar-refractivity contribution in [2.75, 3.05) is 7.05 Å². The fraction of sp³-hybridized carbons (Fsp3) is 0.500. The first kappa shape index (κ1) is 9.08. The second-order valence-corrected chi connectivity index (χ2v) is 2.06. The largest absolute Gasteiger partial charge is 0.405 e. The lowest BCUT2D eigenvalue weighted by atomic mass is 10.3. The number of hydrogen-bond acceptors (Lipinski definition) is 2. The number of rotatable bonds is 4. The van der Waals surface area contributed by atoms with Gasteiger partial charge in [0.1, 0.15) is 0 Å². The highest BCUT2D eigenvalue weighted by Crippen LogP contribution is 1.95. The number of unbranched alkanes of at least 4 members (excludes halogenated alkanes) is 1. The molecule has 0 aromatic rings. The van der Waals surface area contributed by atoms with Crippen molar-refractivity contribution in [1.82, 2.24) is 5.32 Å². The molecule has 0 heterocycles. The standard InChI is InChI=1S/C8H16N2/c1-3-4-5-8(10-2)6-7-9/h5-7,10H,3-4,9H2,1-2H3/b7-6-,8-5+. The predicted molar refractivity (Wildman–Crippen MR) is 45.4 cm³/mol. The van der Waals surface area contributed by atoms with Gasteiger partial charge in [0.2, 0.25) is 0 Å². The van der Waals surface area contributed by atoms with Crippen molar-refractivity contribution in [2.24, 2.45) is 5.73 Å². The molecular formula is C8H16N2. The molecule has 0 saturated carbocycles. The van der Waals surface area contributed by atoms with Crippen LogP contribution in [-0.4, -0.2) is 7.05 Å². The quantitative estimate of drug-likeness (QED) is 0.579. The van der Waals surface area contributed by atoms with Crippen LogP contribution in [-0.2, 0) is 0 Å². The molecule has 0 radical (unpaired) electrons. The zero-order valence-electron chi connectivity index (χ0n) is 6.72. The summed E-state index contributed by atoms with van der Waals surface area (Å²) in [4.78, 5) is 0. The summed E-state index contributed by atoms with van der Waals surface area (Å²) in [6, 6.07) is 0. The van der Waals surface area contributed by atoms with Gasteiger partial charge in [-0.25, -0.2) is 0 Å². The maximum Gasteiger partial charge on any atom is 0.0311 e. The fourth-order valence-electron chi connectivity index (χ4n) is 0.657. The van der Waals surface area contributed by atoms with Crippen molar-refractivity contribution in [3.8, 4) is 0 Å². The van der Waals surface area contributed by atoms with Crippen LogP contribution in [0.1, 0.15) is 19.8 Å². The summed E-state index contributed by atoms with van der Waals surface area (Å²) in [6.45, 7) is 2.15. The molecule has 0 bridgehead atoms. The third-order valence-corrected chi connectivity index (χ3v) is 1.22. The predicted octanol–water partition coefficient (Wildman–Crippen LogP) is 1.36. The first-order valence-corrected chi connectivity index (χ1v) is 3.61. The van der Waals surface area contributed by atoms with Crippen molar-refractivity contribution in [3.63, 3.8) is 0 Å². The Bertz CT molecular complexity index is 125. The van der Waals surface area contributed by atoms with E-state index in [1.54, 1.807) is 0 Å². The van der Waals surface area contributed by atoms with Crippen molar-refractivity contribution in [1.29, 1.82) is 0 Å². The van der Waals surface area contributed by atoms with Crippen molar-refractivity contribution >= 4 is 0 Å². The normalized spacial score (nSPS) is 12.4. The van der Waals surface area contributed by atoms with Crippen LogP contribution in [0.5, 0.6) is 0 Å². The van der Waals surface area contributed by atoms with E-state index in [1.807, 2.05) is 13.1 Å². The second kappa shape index (κ2) is 6.20. The zero-order chi connectivity index (χ0) is 7.82. The highest BCUT2D eigenvalue weighted by molar-refractivity contribution is 5.14. The van der Waals surface area contributed by atoms with Gasteiger partial charge in [0.05, 0.1) is 0 Å². The molecule has 0 spiro atoms. The fourth-order valence-corrected chi connectivity index (χ4v) is 0.657. The maximum atomic E-state index is 5.22. The van der Waals surface area contributed by atoms with E-state index in [2.05, 4.69) is 18.3 Å². The van der Waals surface area contributed by atoms with Gasteiger partial charge in [0, 0.05) is 12.7 Å². The molecule has 0 amide bonds. The Morgan fingerprint density at radius 3 is 2.70 bits per heavy atom. The smallest absolute Gasteiger partial charge is 0.0311 e. The molecule has 0 aliphatic rings. The Labute approximate surface area is 62.8 Å². The van der Waals surface area contributed by atoms with Gasteiger partial charge >= 0.3 is 0 Å². The topological polar surface area (TPSA) is 38.0 Å². The summed E-state index contributed by atoms with van der Waals surface area (Å²) in [5, 5.41) is 3.03. The van der Waals surface area contributed by atoms with Gasteiger partial charge in [-0.3, -0.25) is 0 Å². The Kier molecular flexibility index (Phi) is 5.63. The van der Waals surface area contributed by atoms with Crippen molar-refractivity contribution in [3.05, 3.63) is 24.0 Å². The van der Waals surface area contributed by atoms with Crippen LogP contribution in [0.15, 0.2) is 24.0 Å². The Hall–Kier alpha value is -0.920. The van der Waals surface area contributed by atoms with Gasteiger partial charge in [-0.2, -0.15) is 0 Å². The lowest BCUT2D eigenvalue weighted by Gasteiger charge is -1.98. The van der Waals surface area contributed by atoms with Crippen molar-refractivity contribution < 1.29 is 0 Å². The average Bonchev–Trinajstić information content (AvgIpc) is 1.98. The number of nitrogens with two attached hydrogens (primary N) is 1. The van der Waals surface area contributed by atoms with Crippen LogP contribution in [0.2, 0.25) is 0 Å². The van der Waals surface area contributed by atoms with Gasteiger partial charge in [-0.05, 0) is 18.7 Å². The van der Waals surface area contributed by atoms with E-state index >= 15 is 0 Å². The van der Waals surface area contributed by atoms with E-state index in [4.69, 9.17) is 5.73 Å². The third-order valence-electron chi connectivity index (χ3n) is 1.22. The van der Waals surface area contributed by atoms with Crippen LogP contribution in [0.3, 0.4) is 0 Å². The van der Waals surface area contributed by atoms with Gasteiger partial charge in [0.25, 0.3) is 0 Å². The van der Waals surface area contributed by atoms with Crippen LogP contribution in [0, 0.1) is 0 Å². The molecule has 0 atom stereocenters. The number of nitrogens with one attached hydrogen (secondary N) is 1. The molecule has 58 valence electrons. The van der Waals surface area contributed by atoms with E-state index in [0.717, 1.165) is 12.1 Å². The van der Waals surface area contributed by atoms with E-state index in [0.29, 0.717) is 0 Å². The zero-order valence-corrected chi connectivity index (χ0v) is 6.72. The molecule has 2 nitrogen and oxygen atoms in total. The summed E-state index contributed by atoms with van der Waals surface area (Å²) in [6.07, 6.45) is 7.79. The van der Waals surface area contributed by atoms with Gasteiger partial charge in [-0.1, -0.05) is 19.4 Å². The molecule has 2 heteroatoms. The number of allylic oxidation sites excluding steroid dienone is 2. The van der Waals surface area contributed by atoms with E-state index in [1.165, 1.54) is 12.6 Å². The number of hydrogen-bond donors (Lipinski definition) is 2. The minimum Gasteiger partial charge on any atom is -0.405 e. The minimum absolute atomic E-state index is 1.09. The summed E-state index contributed by atoms with van der Waals surface area (Å²) < 4.78 is 0. The number of likely N-dealkylation sites (N-methyl/N-ethyl adjacent to an activating group) is 1. The molecule has 0 aromatic heterocycles. The molecule has 3 N–H and O–H groups in total.